The van der Waals surface area contributed by atoms with Crippen molar-refractivity contribution < 1.29 is 18.7 Å². The summed E-state index contributed by atoms with van der Waals surface area (Å²) in [5.74, 6) is -0.382. The molecular formula is C17H16ClFN4O3. The van der Waals surface area contributed by atoms with Gasteiger partial charge in [-0.1, -0.05) is 11.6 Å². The molecule has 1 aromatic heterocycles. The fraction of sp³-hybridized carbons (Fsp3) is 0.294. The Balaban J connectivity index is 1.93. The molecule has 0 saturated heterocycles. The van der Waals surface area contributed by atoms with E-state index in [0.29, 0.717) is 17.0 Å². The second-order valence-corrected chi connectivity index (χ2v) is 6.10. The average molecular weight is 379 g/mol. The highest BCUT2D eigenvalue weighted by molar-refractivity contribution is 6.33. The molecule has 0 atom stereocenters. The van der Waals surface area contributed by atoms with Gasteiger partial charge in [0.2, 0.25) is 0 Å². The fourth-order valence-corrected chi connectivity index (χ4v) is 2.61. The van der Waals surface area contributed by atoms with Crippen LogP contribution in [-0.2, 0) is 4.74 Å². The monoisotopic (exact) mass is 378 g/mol. The molecule has 1 fully saturated rings. The van der Waals surface area contributed by atoms with Gasteiger partial charge in [-0.2, -0.15) is 0 Å². The summed E-state index contributed by atoms with van der Waals surface area (Å²) >= 11 is 6.11. The van der Waals surface area contributed by atoms with Crippen LogP contribution in [0.4, 0.5) is 9.18 Å². The fourth-order valence-electron chi connectivity index (χ4n) is 2.35. The van der Waals surface area contributed by atoms with Gasteiger partial charge in [0.25, 0.3) is 5.91 Å². The Bertz CT molecular complexity index is 858. The topological polar surface area (TPSA) is 93.2 Å². The standard InChI is InChI=1S/C17H16ClFN4O3/c1-2-26-17(25)23-22-16(24)14-12(8-20-15(21-14)9-3-4-9)11-6-5-10(19)7-13(11)18/h5-9H,2-4H2,1H3,(H,22,24)(H,23,25). The molecule has 2 N–H and O–H groups in total. The summed E-state index contributed by atoms with van der Waals surface area (Å²) < 4.78 is 18.0. The van der Waals surface area contributed by atoms with Gasteiger partial charge in [0.1, 0.15) is 17.3 Å². The predicted molar refractivity (Wildman–Crippen MR) is 92.0 cm³/mol. The van der Waals surface area contributed by atoms with Crippen molar-refractivity contribution in [1.82, 2.24) is 20.8 Å². The Labute approximate surface area is 153 Å². The number of nitrogens with zero attached hydrogens (tertiary/aromatic N) is 2. The molecule has 26 heavy (non-hydrogen) atoms. The van der Waals surface area contributed by atoms with Crippen molar-refractivity contribution in [1.29, 1.82) is 0 Å². The SMILES string of the molecule is CCOC(=O)NNC(=O)c1nc(C2CC2)ncc1-c1ccc(F)cc1Cl. The first kappa shape index (κ1) is 18.1. The molecule has 0 spiro atoms. The van der Waals surface area contributed by atoms with Gasteiger partial charge < -0.3 is 4.74 Å². The maximum atomic E-state index is 13.3. The lowest BCUT2D eigenvalue weighted by atomic mass is 10.0. The van der Waals surface area contributed by atoms with Crippen molar-refractivity contribution in [2.75, 3.05) is 6.61 Å². The molecule has 0 unspecified atom stereocenters. The molecule has 7 nitrogen and oxygen atoms in total. The molecule has 2 amide bonds. The number of aromatic nitrogens is 2. The molecular weight excluding hydrogens is 363 g/mol. The van der Waals surface area contributed by atoms with Crippen LogP contribution in [0.5, 0.6) is 0 Å². The van der Waals surface area contributed by atoms with Crippen molar-refractivity contribution >= 4 is 23.6 Å². The van der Waals surface area contributed by atoms with E-state index in [9.17, 15) is 14.0 Å². The van der Waals surface area contributed by atoms with E-state index in [-0.39, 0.29) is 23.2 Å². The number of amides is 2. The summed E-state index contributed by atoms with van der Waals surface area (Å²) in [6, 6.07) is 3.82. The molecule has 0 radical (unpaired) electrons. The van der Waals surface area contributed by atoms with E-state index >= 15 is 0 Å². The third-order valence-corrected chi connectivity index (χ3v) is 4.05. The predicted octanol–water partition coefficient (Wildman–Crippen LogP) is 3.20. The van der Waals surface area contributed by atoms with Gasteiger partial charge in [-0.05, 0) is 38.0 Å². The third kappa shape index (κ3) is 4.08. The van der Waals surface area contributed by atoms with E-state index in [2.05, 4.69) is 25.6 Å². The van der Waals surface area contributed by atoms with Crippen LogP contribution in [0.3, 0.4) is 0 Å². The minimum absolute atomic E-state index is 0.0345. The molecule has 2 aromatic rings. The maximum Gasteiger partial charge on any atom is 0.426 e. The number of ether oxygens (including phenoxy) is 1. The summed E-state index contributed by atoms with van der Waals surface area (Å²) in [4.78, 5) is 32.5. The van der Waals surface area contributed by atoms with Gasteiger partial charge in [0, 0.05) is 23.2 Å². The lowest BCUT2D eigenvalue weighted by Crippen LogP contribution is -2.42. The first-order chi connectivity index (χ1) is 12.5. The number of carbonyl (C=O) groups is 2. The van der Waals surface area contributed by atoms with Crippen molar-refractivity contribution in [3.63, 3.8) is 0 Å². The molecule has 3 rings (SSSR count). The van der Waals surface area contributed by atoms with Gasteiger partial charge in [0.05, 0.1) is 11.6 Å². The second kappa shape index (κ2) is 7.65. The molecule has 1 aliphatic rings. The third-order valence-electron chi connectivity index (χ3n) is 3.74. The highest BCUT2D eigenvalue weighted by Gasteiger charge is 2.29. The number of rotatable bonds is 4. The lowest BCUT2D eigenvalue weighted by Gasteiger charge is -2.12. The minimum Gasteiger partial charge on any atom is -0.449 e. The first-order valence-electron chi connectivity index (χ1n) is 8.05. The Morgan fingerprint density at radius 2 is 2.08 bits per heavy atom. The Morgan fingerprint density at radius 3 is 2.73 bits per heavy atom. The van der Waals surface area contributed by atoms with Gasteiger partial charge in [0.15, 0.2) is 0 Å². The van der Waals surface area contributed by atoms with Gasteiger partial charge in [-0.25, -0.2) is 24.6 Å². The van der Waals surface area contributed by atoms with Crippen LogP contribution in [0.15, 0.2) is 24.4 Å². The second-order valence-electron chi connectivity index (χ2n) is 5.69. The number of hydrazine groups is 1. The summed E-state index contributed by atoms with van der Waals surface area (Å²) in [7, 11) is 0. The number of halogens is 2. The highest BCUT2D eigenvalue weighted by atomic mass is 35.5. The van der Waals surface area contributed by atoms with E-state index in [1.807, 2.05) is 0 Å². The minimum atomic E-state index is -0.793. The van der Waals surface area contributed by atoms with Crippen LogP contribution in [0, 0.1) is 5.82 Å². The Kier molecular flexibility index (Phi) is 5.32. The van der Waals surface area contributed by atoms with Crippen molar-refractivity contribution in [3.05, 3.63) is 46.8 Å². The zero-order valence-electron chi connectivity index (χ0n) is 13.9. The van der Waals surface area contributed by atoms with Gasteiger partial charge >= 0.3 is 6.09 Å². The van der Waals surface area contributed by atoms with Crippen LogP contribution in [0.1, 0.15) is 42.0 Å². The van der Waals surface area contributed by atoms with Crippen molar-refractivity contribution in [3.8, 4) is 11.1 Å². The molecule has 1 aromatic carbocycles. The Morgan fingerprint density at radius 1 is 1.31 bits per heavy atom. The lowest BCUT2D eigenvalue weighted by molar-refractivity contribution is 0.0908. The average Bonchev–Trinajstić information content (AvgIpc) is 3.45. The summed E-state index contributed by atoms with van der Waals surface area (Å²) in [5.41, 5.74) is 5.16. The molecule has 1 aliphatic carbocycles. The molecule has 9 heteroatoms. The van der Waals surface area contributed by atoms with E-state index < -0.39 is 17.8 Å². The summed E-state index contributed by atoms with van der Waals surface area (Å²) in [5, 5.41) is 0.125. The largest absolute Gasteiger partial charge is 0.449 e. The summed E-state index contributed by atoms with van der Waals surface area (Å²) in [6.07, 6.45) is 2.61. The quantitative estimate of drug-likeness (QED) is 0.797. The number of hydrogen-bond acceptors (Lipinski definition) is 5. The normalized spacial score (nSPS) is 13.2. The maximum absolute atomic E-state index is 13.3. The molecule has 1 heterocycles. The first-order valence-corrected chi connectivity index (χ1v) is 8.42. The van der Waals surface area contributed by atoms with E-state index in [4.69, 9.17) is 11.6 Å². The molecule has 0 aliphatic heterocycles. The van der Waals surface area contributed by atoms with Gasteiger partial charge in [-0.15, -0.1) is 0 Å². The van der Waals surface area contributed by atoms with Crippen molar-refractivity contribution in [2.45, 2.75) is 25.7 Å². The van der Waals surface area contributed by atoms with Crippen molar-refractivity contribution in [2.24, 2.45) is 0 Å². The number of carbonyl (C=O) groups excluding carboxylic acids is 2. The number of benzene rings is 1. The van der Waals surface area contributed by atoms with Crippen LogP contribution >= 0.6 is 11.6 Å². The van der Waals surface area contributed by atoms with Crippen LogP contribution in [0.2, 0.25) is 5.02 Å². The zero-order valence-corrected chi connectivity index (χ0v) is 14.6. The number of nitrogens with one attached hydrogen (secondary N) is 2. The zero-order chi connectivity index (χ0) is 18.7. The molecule has 1 saturated carbocycles. The van der Waals surface area contributed by atoms with Gasteiger partial charge in [-0.3, -0.25) is 10.2 Å². The Hall–Kier alpha value is -2.74. The smallest absolute Gasteiger partial charge is 0.426 e. The van der Waals surface area contributed by atoms with E-state index in [1.165, 1.54) is 18.3 Å². The molecule has 136 valence electrons. The van der Waals surface area contributed by atoms with E-state index in [0.717, 1.165) is 18.9 Å². The summed E-state index contributed by atoms with van der Waals surface area (Å²) in [6.45, 7) is 1.81. The van der Waals surface area contributed by atoms with Crippen LogP contribution in [0.25, 0.3) is 11.1 Å². The highest BCUT2D eigenvalue weighted by Crippen LogP contribution is 2.39. The number of hydrogen-bond donors (Lipinski definition) is 2. The van der Waals surface area contributed by atoms with Crippen LogP contribution < -0.4 is 10.9 Å². The van der Waals surface area contributed by atoms with E-state index in [1.54, 1.807) is 6.92 Å². The molecule has 0 bridgehead atoms. The van der Waals surface area contributed by atoms with Crippen LogP contribution in [-0.4, -0.2) is 28.6 Å².